The van der Waals surface area contributed by atoms with Gasteiger partial charge in [-0.3, -0.25) is 4.79 Å². The van der Waals surface area contributed by atoms with Gasteiger partial charge in [0.1, 0.15) is 0 Å². The monoisotopic (exact) mass is 214 g/mol. The van der Waals surface area contributed by atoms with Gasteiger partial charge in [-0.25, -0.2) is 0 Å². The van der Waals surface area contributed by atoms with Crippen LogP contribution in [0.25, 0.3) is 0 Å². The molecule has 0 aliphatic carbocycles. The molecule has 1 amide bonds. The van der Waals surface area contributed by atoms with Gasteiger partial charge in [-0.2, -0.15) is 0 Å². The molecule has 4 N–H and O–H groups in total. The Hall–Kier alpha value is -1.26. The largest absolute Gasteiger partial charge is 0.398 e. The molecule has 14 heavy (non-hydrogen) atoms. The van der Waals surface area contributed by atoms with Crippen molar-refractivity contribution >= 4 is 23.2 Å². The Labute approximate surface area is 86.7 Å². The number of amides is 1. The van der Waals surface area contributed by atoms with Gasteiger partial charge in [0.05, 0.1) is 17.2 Å². The zero-order valence-electron chi connectivity index (χ0n) is 7.46. The predicted octanol–water partition coefficient (Wildman–Crippen LogP) is 0.644. The maximum Gasteiger partial charge on any atom is 0.254 e. The van der Waals surface area contributed by atoms with Gasteiger partial charge in [-0.1, -0.05) is 17.7 Å². The lowest BCUT2D eigenvalue weighted by molar-refractivity contribution is 0.0946. The molecule has 0 bridgehead atoms. The SMILES string of the molecule is Nc1cccc(Cl)c1C(=O)NCCO. The van der Waals surface area contributed by atoms with Crippen molar-refractivity contribution in [3.05, 3.63) is 28.8 Å². The maximum absolute atomic E-state index is 11.5. The average Bonchev–Trinajstić information content (AvgIpc) is 2.14. The molecule has 76 valence electrons. The fourth-order valence-electron chi connectivity index (χ4n) is 1.04. The van der Waals surface area contributed by atoms with Gasteiger partial charge in [-0.15, -0.1) is 0 Å². The van der Waals surface area contributed by atoms with E-state index in [0.29, 0.717) is 10.7 Å². The standard InChI is InChI=1S/C9H11ClN2O2/c10-6-2-1-3-7(11)8(6)9(14)12-4-5-13/h1-3,13H,4-5,11H2,(H,12,14). The summed E-state index contributed by atoms with van der Waals surface area (Å²) < 4.78 is 0. The number of aliphatic hydroxyl groups excluding tert-OH is 1. The molecule has 0 aromatic heterocycles. The lowest BCUT2D eigenvalue weighted by Gasteiger charge is -2.07. The van der Waals surface area contributed by atoms with Crippen molar-refractivity contribution in [1.82, 2.24) is 5.32 Å². The zero-order chi connectivity index (χ0) is 10.6. The van der Waals surface area contributed by atoms with Crippen LogP contribution in [-0.4, -0.2) is 24.2 Å². The molecular weight excluding hydrogens is 204 g/mol. The van der Waals surface area contributed by atoms with Crippen LogP contribution in [-0.2, 0) is 0 Å². The van der Waals surface area contributed by atoms with Crippen LogP contribution in [0.2, 0.25) is 5.02 Å². The van der Waals surface area contributed by atoms with E-state index in [4.69, 9.17) is 22.4 Å². The van der Waals surface area contributed by atoms with E-state index in [9.17, 15) is 4.79 Å². The first kappa shape index (κ1) is 10.8. The Morgan fingerprint density at radius 1 is 1.57 bits per heavy atom. The fourth-order valence-corrected chi connectivity index (χ4v) is 1.31. The number of anilines is 1. The Morgan fingerprint density at radius 3 is 2.86 bits per heavy atom. The molecule has 1 rings (SSSR count). The quantitative estimate of drug-likeness (QED) is 0.647. The first-order valence-electron chi connectivity index (χ1n) is 4.10. The first-order chi connectivity index (χ1) is 6.66. The van der Waals surface area contributed by atoms with E-state index >= 15 is 0 Å². The van der Waals surface area contributed by atoms with E-state index in [0.717, 1.165) is 0 Å². The molecule has 0 aliphatic heterocycles. The molecule has 0 fully saturated rings. The van der Waals surface area contributed by atoms with Gasteiger partial charge in [-0.05, 0) is 12.1 Å². The van der Waals surface area contributed by atoms with Crippen LogP contribution in [0.4, 0.5) is 5.69 Å². The summed E-state index contributed by atoms with van der Waals surface area (Å²) in [5.74, 6) is -0.373. The van der Waals surface area contributed by atoms with Crippen LogP contribution < -0.4 is 11.1 Å². The second-order valence-electron chi connectivity index (χ2n) is 2.68. The summed E-state index contributed by atoms with van der Waals surface area (Å²) >= 11 is 5.80. The van der Waals surface area contributed by atoms with Crippen molar-refractivity contribution in [2.24, 2.45) is 0 Å². The molecule has 1 aromatic rings. The van der Waals surface area contributed by atoms with Crippen LogP contribution >= 0.6 is 11.6 Å². The topological polar surface area (TPSA) is 75.4 Å². The number of rotatable bonds is 3. The normalized spacial score (nSPS) is 9.86. The Bertz CT molecular complexity index is 321. The van der Waals surface area contributed by atoms with Crippen molar-refractivity contribution in [2.75, 3.05) is 18.9 Å². The molecule has 4 nitrogen and oxygen atoms in total. The molecule has 0 atom stereocenters. The van der Waals surface area contributed by atoms with Crippen LogP contribution in [0.5, 0.6) is 0 Å². The number of carbonyl (C=O) groups is 1. The van der Waals surface area contributed by atoms with Gasteiger partial charge in [0.25, 0.3) is 5.91 Å². The van der Waals surface area contributed by atoms with Gasteiger partial charge in [0, 0.05) is 12.2 Å². The van der Waals surface area contributed by atoms with Crippen LogP contribution in [0.15, 0.2) is 18.2 Å². The van der Waals surface area contributed by atoms with Gasteiger partial charge in [0.15, 0.2) is 0 Å². The smallest absolute Gasteiger partial charge is 0.254 e. The van der Waals surface area contributed by atoms with Crippen LogP contribution in [0.1, 0.15) is 10.4 Å². The first-order valence-corrected chi connectivity index (χ1v) is 4.47. The third-order valence-corrected chi connectivity index (χ3v) is 1.99. The van der Waals surface area contributed by atoms with Gasteiger partial charge < -0.3 is 16.2 Å². The number of hydrogen-bond donors (Lipinski definition) is 3. The Morgan fingerprint density at radius 2 is 2.29 bits per heavy atom. The molecule has 0 radical (unpaired) electrons. The average molecular weight is 215 g/mol. The maximum atomic E-state index is 11.5. The van der Waals surface area contributed by atoms with E-state index in [1.165, 1.54) is 0 Å². The molecule has 0 aliphatic rings. The van der Waals surface area contributed by atoms with Crippen molar-refractivity contribution in [2.45, 2.75) is 0 Å². The number of halogens is 1. The highest BCUT2D eigenvalue weighted by atomic mass is 35.5. The number of nitrogens with one attached hydrogen (secondary N) is 1. The van der Waals surface area contributed by atoms with E-state index in [1.807, 2.05) is 0 Å². The highest BCUT2D eigenvalue weighted by molar-refractivity contribution is 6.34. The minimum absolute atomic E-state index is 0.115. The number of aliphatic hydroxyl groups is 1. The van der Waals surface area contributed by atoms with Crippen molar-refractivity contribution in [3.8, 4) is 0 Å². The van der Waals surface area contributed by atoms with E-state index in [-0.39, 0.29) is 24.6 Å². The number of benzene rings is 1. The second kappa shape index (κ2) is 4.83. The summed E-state index contributed by atoms with van der Waals surface area (Å²) in [5.41, 5.74) is 6.17. The number of carbonyl (C=O) groups excluding carboxylic acids is 1. The number of nitrogens with two attached hydrogens (primary N) is 1. The minimum atomic E-state index is -0.373. The highest BCUT2D eigenvalue weighted by Crippen LogP contribution is 2.21. The molecule has 0 unspecified atom stereocenters. The minimum Gasteiger partial charge on any atom is -0.398 e. The molecule has 5 heteroatoms. The van der Waals surface area contributed by atoms with Gasteiger partial charge in [0.2, 0.25) is 0 Å². The number of nitrogen functional groups attached to an aromatic ring is 1. The summed E-state index contributed by atoms with van der Waals surface area (Å²) in [6, 6.07) is 4.85. The molecule has 0 saturated heterocycles. The predicted molar refractivity (Wildman–Crippen MR) is 55.3 cm³/mol. The van der Waals surface area contributed by atoms with Crippen molar-refractivity contribution in [3.63, 3.8) is 0 Å². The Kier molecular flexibility index (Phi) is 3.73. The third-order valence-electron chi connectivity index (χ3n) is 1.67. The van der Waals surface area contributed by atoms with E-state index in [2.05, 4.69) is 5.32 Å². The van der Waals surface area contributed by atoms with Crippen molar-refractivity contribution < 1.29 is 9.90 Å². The van der Waals surface area contributed by atoms with Crippen LogP contribution in [0, 0.1) is 0 Å². The molecule has 1 aromatic carbocycles. The van der Waals surface area contributed by atoms with Gasteiger partial charge >= 0.3 is 0 Å². The summed E-state index contributed by atoms with van der Waals surface area (Å²) in [4.78, 5) is 11.5. The second-order valence-corrected chi connectivity index (χ2v) is 3.09. The number of hydrogen-bond acceptors (Lipinski definition) is 3. The van der Waals surface area contributed by atoms with E-state index < -0.39 is 0 Å². The molecule has 0 saturated carbocycles. The molecule has 0 spiro atoms. The lowest BCUT2D eigenvalue weighted by Crippen LogP contribution is -2.27. The molecular formula is C9H11ClN2O2. The zero-order valence-corrected chi connectivity index (χ0v) is 8.21. The van der Waals surface area contributed by atoms with Crippen molar-refractivity contribution in [1.29, 1.82) is 0 Å². The fraction of sp³-hybridized carbons (Fsp3) is 0.222. The third kappa shape index (κ3) is 2.37. The summed E-state index contributed by atoms with van der Waals surface area (Å²) in [5, 5.41) is 11.3. The molecule has 0 heterocycles. The lowest BCUT2D eigenvalue weighted by atomic mass is 10.1. The van der Waals surface area contributed by atoms with E-state index in [1.54, 1.807) is 18.2 Å². The Balaban J connectivity index is 2.89. The van der Waals surface area contributed by atoms with Crippen LogP contribution in [0.3, 0.4) is 0 Å². The summed E-state index contributed by atoms with van der Waals surface area (Å²) in [7, 11) is 0. The summed E-state index contributed by atoms with van der Waals surface area (Å²) in [6.45, 7) is 0.0690. The summed E-state index contributed by atoms with van der Waals surface area (Å²) in [6.07, 6.45) is 0. The highest BCUT2D eigenvalue weighted by Gasteiger charge is 2.12.